The third-order valence-electron chi connectivity index (χ3n) is 5.13. The Kier molecular flexibility index (Phi) is 8.81. The fourth-order valence-electron chi connectivity index (χ4n) is 3.85. The first kappa shape index (κ1) is 25.8. The van der Waals surface area contributed by atoms with Crippen LogP contribution in [0.4, 0.5) is 0 Å². The van der Waals surface area contributed by atoms with E-state index in [1.807, 2.05) is 0 Å². The van der Waals surface area contributed by atoms with Crippen molar-refractivity contribution < 1.29 is 34.7 Å². The van der Waals surface area contributed by atoms with Gasteiger partial charge in [0.15, 0.2) is 5.78 Å². The lowest BCUT2D eigenvalue weighted by Gasteiger charge is -2.36. The van der Waals surface area contributed by atoms with Crippen molar-refractivity contribution in [1.82, 2.24) is 0 Å². The van der Waals surface area contributed by atoms with Gasteiger partial charge in [-0.25, -0.2) is 0 Å². The lowest BCUT2D eigenvalue weighted by molar-refractivity contribution is -0.132. The van der Waals surface area contributed by atoms with Crippen LogP contribution < -0.4 is 9.47 Å². The van der Waals surface area contributed by atoms with Crippen LogP contribution >= 0.6 is 0 Å². The first-order chi connectivity index (χ1) is 15.0. The minimum Gasteiger partial charge on any atom is -0.491 e. The summed E-state index contributed by atoms with van der Waals surface area (Å²) in [6, 6.07) is 13.6. The Morgan fingerprint density at radius 3 is 1.28 bits per heavy atom. The van der Waals surface area contributed by atoms with Gasteiger partial charge in [-0.2, -0.15) is 0 Å². The number of rotatable bonds is 12. The van der Waals surface area contributed by atoms with E-state index in [0.717, 1.165) is 0 Å². The number of Topliss-reactive ketones (excluding diaryl/α,β-unsaturated/α-hetero) is 1. The molecule has 0 aliphatic carbocycles. The lowest BCUT2D eigenvalue weighted by Crippen LogP contribution is -2.43. The van der Waals surface area contributed by atoms with Gasteiger partial charge in [0.1, 0.15) is 24.7 Å². The second-order valence-electron chi connectivity index (χ2n) is 8.86. The molecule has 176 valence electrons. The quantitative estimate of drug-likeness (QED) is 0.396. The molecule has 2 rings (SSSR count). The third kappa shape index (κ3) is 6.77. The molecule has 2 aromatic carbocycles. The molecule has 0 amide bonds. The number of carbonyl (C=O) groups is 1. The van der Waals surface area contributed by atoms with E-state index in [9.17, 15) is 15.0 Å². The lowest BCUT2D eigenvalue weighted by atomic mass is 9.71. The Balaban J connectivity index is 2.41. The topological polar surface area (TPSA) is 116 Å². The summed E-state index contributed by atoms with van der Waals surface area (Å²) in [5, 5.41) is 39.6. The van der Waals surface area contributed by atoms with E-state index in [0.29, 0.717) is 22.6 Å². The second-order valence-corrected chi connectivity index (χ2v) is 8.86. The molecule has 7 nitrogen and oxygen atoms in total. The van der Waals surface area contributed by atoms with Gasteiger partial charge in [-0.05, 0) is 63.1 Å². The molecule has 2 atom stereocenters. The maximum Gasteiger partial charge on any atom is 0.153 e. The van der Waals surface area contributed by atoms with Crippen LogP contribution in [0.25, 0.3) is 0 Å². The van der Waals surface area contributed by atoms with Gasteiger partial charge >= 0.3 is 0 Å². The fraction of sp³-hybridized carbons (Fsp3) is 0.480. The van der Waals surface area contributed by atoms with Crippen LogP contribution in [-0.4, -0.2) is 63.8 Å². The van der Waals surface area contributed by atoms with Crippen LogP contribution in [0.3, 0.4) is 0 Å². The maximum atomic E-state index is 13.8. The minimum atomic E-state index is -1.39. The normalized spacial score (nSPS) is 14.0. The summed E-state index contributed by atoms with van der Waals surface area (Å²) in [6.45, 7) is 6.38. The zero-order chi connectivity index (χ0) is 23.9. The average molecular weight is 447 g/mol. The number of hydrogen-bond donors (Lipinski definition) is 4. The Morgan fingerprint density at radius 1 is 0.719 bits per heavy atom. The van der Waals surface area contributed by atoms with E-state index in [2.05, 4.69) is 0 Å². The molecule has 0 heterocycles. The highest BCUT2D eigenvalue weighted by Gasteiger charge is 2.44. The largest absolute Gasteiger partial charge is 0.491 e. The summed E-state index contributed by atoms with van der Waals surface area (Å²) >= 11 is 0. The van der Waals surface area contributed by atoms with Crippen molar-refractivity contribution in [2.75, 3.05) is 26.4 Å². The maximum absolute atomic E-state index is 13.8. The van der Waals surface area contributed by atoms with Crippen LogP contribution in [0.15, 0.2) is 48.5 Å². The highest BCUT2D eigenvalue weighted by molar-refractivity contribution is 5.94. The Hall–Kier alpha value is -2.45. The molecule has 2 aromatic rings. The number of carbonyl (C=O) groups excluding carboxylic acids is 1. The second kappa shape index (κ2) is 10.9. The van der Waals surface area contributed by atoms with Gasteiger partial charge in [-0.1, -0.05) is 24.3 Å². The van der Waals surface area contributed by atoms with Crippen molar-refractivity contribution in [3.05, 3.63) is 59.7 Å². The highest BCUT2D eigenvalue weighted by Crippen LogP contribution is 2.40. The van der Waals surface area contributed by atoms with Crippen LogP contribution in [0, 0.1) is 0 Å². The number of aliphatic hydroxyl groups excluding tert-OH is 2. The SMILES string of the molecule is CC(C)(O)C(C(=O)C(c1ccc(OCCO)cc1)C(C)(C)O)c1ccc(OCCO)cc1. The van der Waals surface area contributed by atoms with Crippen LogP contribution in [0.1, 0.15) is 50.7 Å². The molecule has 0 fully saturated rings. The van der Waals surface area contributed by atoms with E-state index in [1.54, 1.807) is 76.2 Å². The standard InChI is InChI=1S/C25H34O7/c1-24(2,29)21(17-5-9-19(10-6-17)31-15-13-26)23(28)22(25(3,4)30)18-7-11-20(12-8-18)32-16-14-27/h5-12,21-22,26-27,29-30H,13-16H2,1-4H3. The molecule has 0 spiro atoms. The van der Waals surface area contributed by atoms with Gasteiger partial charge in [0.25, 0.3) is 0 Å². The molecule has 7 heteroatoms. The molecule has 32 heavy (non-hydrogen) atoms. The van der Waals surface area contributed by atoms with Gasteiger partial charge in [0.05, 0.1) is 36.3 Å². The van der Waals surface area contributed by atoms with Gasteiger partial charge in [-0.3, -0.25) is 4.79 Å². The van der Waals surface area contributed by atoms with Gasteiger partial charge in [-0.15, -0.1) is 0 Å². The summed E-state index contributed by atoms with van der Waals surface area (Å²) in [4.78, 5) is 13.8. The first-order valence-corrected chi connectivity index (χ1v) is 10.6. The van der Waals surface area contributed by atoms with Crippen molar-refractivity contribution in [3.63, 3.8) is 0 Å². The first-order valence-electron chi connectivity index (χ1n) is 10.6. The third-order valence-corrected chi connectivity index (χ3v) is 5.13. The van der Waals surface area contributed by atoms with Crippen molar-refractivity contribution in [1.29, 1.82) is 0 Å². The van der Waals surface area contributed by atoms with Crippen LogP contribution in [-0.2, 0) is 4.79 Å². The molecule has 0 aliphatic rings. The zero-order valence-corrected chi connectivity index (χ0v) is 19.1. The van der Waals surface area contributed by atoms with Crippen LogP contribution in [0.5, 0.6) is 11.5 Å². The number of hydrogen-bond acceptors (Lipinski definition) is 7. The minimum absolute atomic E-state index is 0.108. The smallest absolute Gasteiger partial charge is 0.153 e. The van der Waals surface area contributed by atoms with E-state index < -0.39 is 23.0 Å². The predicted molar refractivity (Wildman–Crippen MR) is 121 cm³/mol. The van der Waals surface area contributed by atoms with E-state index in [-0.39, 0.29) is 32.2 Å². The number of ether oxygens (including phenoxy) is 2. The van der Waals surface area contributed by atoms with Crippen molar-refractivity contribution in [3.8, 4) is 11.5 Å². The molecule has 0 radical (unpaired) electrons. The summed E-state index contributed by atoms with van der Waals surface area (Å²) in [5.41, 5.74) is -1.59. The predicted octanol–water partition coefficient (Wildman–Crippen LogP) is 2.41. The van der Waals surface area contributed by atoms with E-state index in [4.69, 9.17) is 19.7 Å². The molecule has 0 aliphatic heterocycles. The Bertz CT molecular complexity index is 774. The molecular formula is C25H34O7. The molecule has 0 saturated carbocycles. The molecule has 0 aromatic heterocycles. The number of benzene rings is 2. The molecule has 0 bridgehead atoms. The van der Waals surface area contributed by atoms with Crippen molar-refractivity contribution in [2.45, 2.75) is 50.7 Å². The summed E-state index contributed by atoms with van der Waals surface area (Å²) in [5.74, 6) is -1.05. The average Bonchev–Trinajstić information content (AvgIpc) is 2.71. The summed E-state index contributed by atoms with van der Waals surface area (Å²) < 4.78 is 10.8. The Labute approximate surface area is 189 Å². The summed E-state index contributed by atoms with van der Waals surface area (Å²) in [6.07, 6.45) is 0. The van der Waals surface area contributed by atoms with Crippen LogP contribution in [0.2, 0.25) is 0 Å². The molecular weight excluding hydrogens is 412 g/mol. The molecule has 4 N–H and O–H groups in total. The number of aliphatic hydroxyl groups is 4. The van der Waals surface area contributed by atoms with Gasteiger partial charge in [0, 0.05) is 0 Å². The zero-order valence-electron chi connectivity index (χ0n) is 19.1. The van der Waals surface area contributed by atoms with E-state index in [1.165, 1.54) is 0 Å². The van der Waals surface area contributed by atoms with Gasteiger partial charge < -0.3 is 29.9 Å². The summed E-state index contributed by atoms with van der Waals surface area (Å²) in [7, 11) is 0. The highest BCUT2D eigenvalue weighted by atomic mass is 16.5. The molecule has 0 saturated heterocycles. The Morgan fingerprint density at radius 2 is 1.03 bits per heavy atom. The van der Waals surface area contributed by atoms with Crippen molar-refractivity contribution >= 4 is 5.78 Å². The fourth-order valence-corrected chi connectivity index (χ4v) is 3.85. The monoisotopic (exact) mass is 446 g/mol. The molecule has 2 unspecified atom stereocenters. The number of ketones is 1. The van der Waals surface area contributed by atoms with Gasteiger partial charge in [0.2, 0.25) is 0 Å². The van der Waals surface area contributed by atoms with Crippen molar-refractivity contribution in [2.24, 2.45) is 0 Å². The van der Waals surface area contributed by atoms with E-state index >= 15 is 0 Å².